The molecule has 0 aliphatic carbocycles. The first-order valence-corrected chi connectivity index (χ1v) is 7.58. The van der Waals surface area contributed by atoms with Crippen LogP contribution in [0.5, 0.6) is 5.75 Å². The molecule has 0 aromatic heterocycles. The van der Waals surface area contributed by atoms with Gasteiger partial charge in [-0.05, 0) is 43.5 Å². The van der Waals surface area contributed by atoms with Crippen molar-refractivity contribution < 1.29 is 9.13 Å². The van der Waals surface area contributed by atoms with Crippen LogP contribution in [0.1, 0.15) is 34.0 Å². The maximum absolute atomic E-state index is 13.7. The topological polar surface area (TPSA) is 9.23 Å². The molecule has 1 unspecified atom stereocenters. The monoisotopic (exact) mass is 336 g/mol. The van der Waals surface area contributed by atoms with E-state index >= 15 is 0 Å². The number of hydrogen-bond donors (Lipinski definition) is 0. The van der Waals surface area contributed by atoms with Gasteiger partial charge in [0.15, 0.2) is 0 Å². The summed E-state index contributed by atoms with van der Waals surface area (Å²) in [5.41, 5.74) is 3.42. The van der Waals surface area contributed by atoms with Crippen LogP contribution in [0.2, 0.25) is 0 Å². The third-order valence-corrected chi connectivity index (χ3v) is 4.27. The summed E-state index contributed by atoms with van der Waals surface area (Å²) in [6.45, 7) is 6.17. The minimum absolute atomic E-state index is 0.0109. The molecule has 3 heteroatoms. The molecule has 20 heavy (non-hydrogen) atoms. The van der Waals surface area contributed by atoms with Crippen LogP contribution in [0.4, 0.5) is 4.39 Å². The highest BCUT2D eigenvalue weighted by molar-refractivity contribution is 9.09. The van der Waals surface area contributed by atoms with Crippen molar-refractivity contribution in [3.63, 3.8) is 0 Å². The fourth-order valence-corrected chi connectivity index (χ4v) is 2.92. The van der Waals surface area contributed by atoms with Crippen molar-refractivity contribution in [2.75, 3.05) is 6.61 Å². The highest BCUT2D eigenvalue weighted by Crippen LogP contribution is 2.37. The minimum Gasteiger partial charge on any atom is -0.494 e. The Balaban J connectivity index is 2.43. The molecule has 0 N–H and O–H groups in total. The van der Waals surface area contributed by atoms with Crippen molar-refractivity contribution in [2.24, 2.45) is 0 Å². The molecule has 0 spiro atoms. The first kappa shape index (κ1) is 15.0. The molecular formula is C17H18BrFO. The highest BCUT2D eigenvalue weighted by atomic mass is 79.9. The summed E-state index contributed by atoms with van der Waals surface area (Å²) in [6.07, 6.45) is 0. The molecule has 0 aliphatic heterocycles. The molecule has 0 fully saturated rings. The van der Waals surface area contributed by atoms with E-state index in [4.69, 9.17) is 4.74 Å². The second-order valence-corrected chi connectivity index (χ2v) is 5.72. The van der Waals surface area contributed by atoms with Gasteiger partial charge in [0.1, 0.15) is 11.6 Å². The maximum atomic E-state index is 13.7. The summed E-state index contributed by atoms with van der Waals surface area (Å²) >= 11 is 3.71. The van der Waals surface area contributed by atoms with E-state index in [0.717, 1.165) is 16.9 Å². The van der Waals surface area contributed by atoms with Gasteiger partial charge in [0.2, 0.25) is 0 Å². The molecule has 0 aliphatic rings. The normalized spacial score (nSPS) is 12.2. The number of halogens is 2. The van der Waals surface area contributed by atoms with Gasteiger partial charge in [0, 0.05) is 5.56 Å². The van der Waals surface area contributed by atoms with E-state index in [0.29, 0.717) is 17.7 Å². The molecule has 1 atom stereocenters. The van der Waals surface area contributed by atoms with E-state index in [9.17, 15) is 4.39 Å². The van der Waals surface area contributed by atoms with Crippen molar-refractivity contribution in [3.8, 4) is 5.75 Å². The van der Waals surface area contributed by atoms with Crippen molar-refractivity contribution in [2.45, 2.75) is 25.6 Å². The predicted octanol–water partition coefficient (Wildman–Crippen LogP) is 5.33. The summed E-state index contributed by atoms with van der Waals surface area (Å²) in [5.74, 6) is 0.725. The SMILES string of the molecule is CCOc1ccccc1C(Br)c1cc(C)c(F)c(C)c1. The Kier molecular flexibility index (Phi) is 4.81. The van der Waals surface area contributed by atoms with Gasteiger partial charge in [-0.1, -0.05) is 46.3 Å². The Morgan fingerprint density at radius 2 is 1.75 bits per heavy atom. The predicted molar refractivity (Wildman–Crippen MR) is 84.3 cm³/mol. The molecule has 0 radical (unpaired) electrons. The number of alkyl halides is 1. The third-order valence-electron chi connectivity index (χ3n) is 3.24. The molecule has 2 aromatic rings. The summed E-state index contributed by atoms with van der Waals surface area (Å²) in [6, 6.07) is 11.7. The largest absolute Gasteiger partial charge is 0.494 e. The fraction of sp³-hybridized carbons (Fsp3) is 0.294. The number of aryl methyl sites for hydroxylation is 2. The molecule has 0 heterocycles. The Morgan fingerprint density at radius 3 is 2.35 bits per heavy atom. The van der Waals surface area contributed by atoms with Crippen molar-refractivity contribution >= 4 is 15.9 Å². The summed E-state index contributed by atoms with van der Waals surface area (Å²) in [5, 5.41) is 0. The molecule has 0 amide bonds. The quantitative estimate of drug-likeness (QED) is 0.686. The number of para-hydroxylation sites is 1. The van der Waals surface area contributed by atoms with Crippen molar-refractivity contribution in [1.29, 1.82) is 0 Å². The second kappa shape index (κ2) is 6.40. The van der Waals surface area contributed by atoms with E-state index in [2.05, 4.69) is 15.9 Å². The molecule has 1 nitrogen and oxygen atoms in total. The summed E-state index contributed by atoms with van der Waals surface area (Å²) in [4.78, 5) is -0.0109. The van der Waals surface area contributed by atoms with Gasteiger partial charge in [-0.2, -0.15) is 0 Å². The Bertz CT molecular complexity index is 587. The molecule has 106 valence electrons. The molecule has 0 saturated carbocycles. The van der Waals surface area contributed by atoms with E-state index in [1.165, 1.54) is 0 Å². The number of benzene rings is 2. The van der Waals surface area contributed by atoms with Crippen LogP contribution in [-0.4, -0.2) is 6.61 Å². The zero-order chi connectivity index (χ0) is 14.7. The zero-order valence-corrected chi connectivity index (χ0v) is 13.5. The average Bonchev–Trinajstić information content (AvgIpc) is 2.44. The third kappa shape index (κ3) is 3.04. The highest BCUT2D eigenvalue weighted by Gasteiger charge is 2.17. The minimum atomic E-state index is -0.133. The Hall–Kier alpha value is -1.35. The van der Waals surface area contributed by atoms with Crippen molar-refractivity contribution in [3.05, 3.63) is 64.5 Å². The lowest BCUT2D eigenvalue weighted by atomic mass is 9.99. The van der Waals surface area contributed by atoms with Gasteiger partial charge in [0.05, 0.1) is 11.4 Å². The number of hydrogen-bond acceptors (Lipinski definition) is 1. The van der Waals surface area contributed by atoms with Gasteiger partial charge >= 0.3 is 0 Å². The van der Waals surface area contributed by atoms with E-state index < -0.39 is 0 Å². The lowest BCUT2D eigenvalue weighted by molar-refractivity contribution is 0.337. The van der Waals surface area contributed by atoms with Crippen LogP contribution >= 0.6 is 15.9 Å². The second-order valence-electron chi connectivity index (χ2n) is 4.80. The molecule has 2 aromatic carbocycles. The molecule has 2 rings (SSSR count). The van der Waals surface area contributed by atoms with Gasteiger partial charge in [-0.3, -0.25) is 0 Å². The Labute approximate surface area is 127 Å². The first-order chi connectivity index (χ1) is 9.54. The van der Waals surface area contributed by atoms with Gasteiger partial charge in [-0.25, -0.2) is 4.39 Å². The van der Waals surface area contributed by atoms with Crippen LogP contribution in [0, 0.1) is 19.7 Å². The summed E-state index contributed by atoms with van der Waals surface area (Å²) in [7, 11) is 0. The van der Waals surface area contributed by atoms with Crippen LogP contribution in [0.15, 0.2) is 36.4 Å². The smallest absolute Gasteiger partial charge is 0.129 e. The molecular weight excluding hydrogens is 319 g/mol. The number of ether oxygens (including phenoxy) is 1. The van der Waals surface area contributed by atoms with Gasteiger partial charge in [-0.15, -0.1) is 0 Å². The van der Waals surface area contributed by atoms with Crippen LogP contribution < -0.4 is 4.74 Å². The van der Waals surface area contributed by atoms with Crippen LogP contribution in [0.25, 0.3) is 0 Å². The fourth-order valence-electron chi connectivity index (χ4n) is 2.28. The maximum Gasteiger partial charge on any atom is 0.129 e. The molecule has 0 saturated heterocycles. The number of rotatable bonds is 4. The Morgan fingerprint density at radius 1 is 1.15 bits per heavy atom. The van der Waals surface area contributed by atoms with Crippen LogP contribution in [0.3, 0.4) is 0 Å². The lowest BCUT2D eigenvalue weighted by Gasteiger charge is -2.17. The average molecular weight is 337 g/mol. The lowest BCUT2D eigenvalue weighted by Crippen LogP contribution is -2.01. The van der Waals surface area contributed by atoms with E-state index in [1.807, 2.05) is 43.3 Å². The van der Waals surface area contributed by atoms with E-state index in [1.54, 1.807) is 13.8 Å². The zero-order valence-electron chi connectivity index (χ0n) is 11.9. The van der Waals surface area contributed by atoms with Gasteiger partial charge in [0.25, 0.3) is 0 Å². The van der Waals surface area contributed by atoms with Crippen LogP contribution in [-0.2, 0) is 0 Å². The first-order valence-electron chi connectivity index (χ1n) is 6.67. The standard InChI is InChI=1S/C17H18BrFO/c1-4-20-15-8-6-5-7-14(15)16(18)13-9-11(2)17(19)12(3)10-13/h5-10,16H,4H2,1-3H3. The summed E-state index contributed by atoms with van der Waals surface area (Å²) < 4.78 is 19.4. The molecule has 0 bridgehead atoms. The van der Waals surface area contributed by atoms with E-state index in [-0.39, 0.29) is 10.6 Å². The van der Waals surface area contributed by atoms with Crippen molar-refractivity contribution in [1.82, 2.24) is 0 Å². The van der Waals surface area contributed by atoms with Gasteiger partial charge < -0.3 is 4.74 Å².